The van der Waals surface area contributed by atoms with Gasteiger partial charge in [0, 0.05) is 5.56 Å². The van der Waals surface area contributed by atoms with Crippen LogP contribution in [-0.4, -0.2) is 33.6 Å². The molecule has 0 aliphatic carbocycles. The third-order valence-corrected chi connectivity index (χ3v) is 4.62. The van der Waals surface area contributed by atoms with Gasteiger partial charge in [0.15, 0.2) is 5.78 Å². The van der Waals surface area contributed by atoms with Gasteiger partial charge in [0.2, 0.25) is 5.91 Å². The summed E-state index contributed by atoms with van der Waals surface area (Å²) in [5.41, 5.74) is 0.836. The number of carbonyl (C=O) groups is 3. The predicted molar refractivity (Wildman–Crippen MR) is 78.8 cm³/mol. The monoisotopic (exact) mass is 302 g/mol. The molecule has 6 heteroatoms. The van der Waals surface area contributed by atoms with Crippen LogP contribution in [-0.2, 0) is 4.79 Å². The van der Waals surface area contributed by atoms with Crippen molar-refractivity contribution in [1.29, 1.82) is 5.26 Å². The van der Waals surface area contributed by atoms with Gasteiger partial charge in [-0.05, 0) is 18.1 Å². The van der Waals surface area contributed by atoms with E-state index in [4.69, 9.17) is 5.26 Å². The SMILES string of the molecule is CC(C)C1SC(=O)N(CC(=O)c2ccc(C#N)cc2)C1=O. The van der Waals surface area contributed by atoms with E-state index in [0.717, 1.165) is 16.7 Å². The number of hydrogen-bond donors (Lipinski definition) is 0. The average molecular weight is 302 g/mol. The van der Waals surface area contributed by atoms with E-state index in [2.05, 4.69) is 0 Å². The first-order valence-electron chi connectivity index (χ1n) is 6.49. The highest BCUT2D eigenvalue weighted by Crippen LogP contribution is 2.31. The highest BCUT2D eigenvalue weighted by Gasteiger charge is 2.41. The second kappa shape index (κ2) is 6.10. The molecule has 1 saturated heterocycles. The first-order chi connectivity index (χ1) is 9.93. The van der Waals surface area contributed by atoms with Crippen LogP contribution in [0.3, 0.4) is 0 Å². The molecular formula is C15H14N2O3S. The fraction of sp³-hybridized carbons (Fsp3) is 0.333. The summed E-state index contributed by atoms with van der Waals surface area (Å²) < 4.78 is 0. The number of rotatable bonds is 4. The number of Topliss-reactive ketones (excluding diaryl/α,β-unsaturated/α-hetero) is 1. The van der Waals surface area contributed by atoms with Gasteiger partial charge in [-0.1, -0.05) is 37.7 Å². The van der Waals surface area contributed by atoms with Crippen LogP contribution in [0.4, 0.5) is 4.79 Å². The minimum atomic E-state index is -0.411. The van der Waals surface area contributed by atoms with Crippen molar-refractivity contribution in [3.05, 3.63) is 35.4 Å². The highest BCUT2D eigenvalue weighted by molar-refractivity contribution is 8.15. The lowest BCUT2D eigenvalue weighted by Gasteiger charge is -2.14. The van der Waals surface area contributed by atoms with Crippen LogP contribution in [0.1, 0.15) is 29.8 Å². The smallest absolute Gasteiger partial charge is 0.289 e. The van der Waals surface area contributed by atoms with Crippen molar-refractivity contribution in [3.63, 3.8) is 0 Å². The van der Waals surface area contributed by atoms with Crippen LogP contribution in [0.15, 0.2) is 24.3 Å². The van der Waals surface area contributed by atoms with Gasteiger partial charge in [-0.15, -0.1) is 0 Å². The molecular weight excluding hydrogens is 288 g/mol. The van der Waals surface area contributed by atoms with Crippen LogP contribution in [0.25, 0.3) is 0 Å². The van der Waals surface area contributed by atoms with E-state index in [1.54, 1.807) is 0 Å². The van der Waals surface area contributed by atoms with Crippen molar-refractivity contribution in [2.75, 3.05) is 6.54 Å². The number of imide groups is 1. The summed E-state index contributed by atoms with van der Waals surface area (Å²) in [4.78, 5) is 37.1. The molecule has 0 aromatic heterocycles. The minimum absolute atomic E-state index is 0.0430. The van der Waals surface area contributed by atoms with Crippen molar-refractivity contribution < 1.29 is 14.4 Å². The van der Waals surface area contributed by atoms with Crippen molar-refractivity contribution in [2.45, 2.75) is 19.1 Å². The Kier molecular flexibility index (Phi) is 4.43. The number of amides is 2. The van der Waals surface area contributed by atoms with Crippen LogP contribution in [0, 0.1) is 17.2 Å². The molecule has 0 bridgehead atoms. The highest BCUT2D eigenvalue weighted by atomic mass is 32.2. The van der Waals surface area contributed by atoms with E-state index in [1.807, 2.05) is 19.9 Å². The molecule has 5 nitrogen and oxygen atoms in total. The molecule has 0 saturated carbocycles. The molecule has 1 unspecified atom stereocenters. The summed E-state index contributed by atoms with van der Waals surface area (Å²) in [6.45, 7) is 3.49. The Morgan fingerprint density at radius 2 is 1.95 bits per heavy atom. The molecule has 1 heterocycles. The van der Waals surface area contributed by atoms with Gasteiger partial charge in [-0.2, -0.15) is 5.26 Å². The van der Waals surface area contributed by atoms with E-state index in [9.17, 15) is 14.4 Å². The standard InChI is InChI=1S/C15H14N2O3S/c1-9(2)13-14(19)17(15(20)21-13)8-12(18)11-5-3-10(7-16)4-6-11/h3-6,9,13H,8H2,1-2H3. The molecule has 21 heavy (non-hydrogen) atoms. The summed E-state index contributed by atoms with van der Waals surface area (Å²) >= 11 is 0.975. The summed E-state index contributed by atoms with van der Waals surface area (Å²) in [6.07, 6.45) is 0. The molecule has 1 atom stereocenters. The fourth-order valence-corrected chi connectivity index (χ4v) is 2.99. The number of nitrogens with zero attached hydrogens (tertiary/aromatic N) is 2. The maximum Gasteiger partial charge on any atom is 0.289 e. The summed E-state index contributed by atoms with van der Waals surface area (Å²) in [6, 6.07) is 8.09. The third kappa shape index (κ3) is 3.14. The Balaban J connectivity index is 2.10. The van der Waals surface area contributed by atoms with Crippen molar-refractivity contribution in [3.8, 4) is 6.07 Å². The second-order valence-electron chi connectivity index (χ2n) is 5.09. The quantitative estimate of drug-likeness (QED) is 0.798. The number of hydrogen-bond acceptors (Lipinski definition) is 5. The fourth-order valence-electron chi connectivity index (χ4n) is 2.00. The van der Waals surface area contributed by atoms with Crippen LogP contribution in [0.5, 0.6) is 0 Å². The number of carbonyl (C=O) groups excluding carboxylic acids is 3. The first-order valence-corrected chi connectivity index (χ1v) is 7.37. The number of thioether (sulfide) groups is 1. The van der Waals surface area contributed by atoms with Crippen LogP contribution in [0.2, 0.25) is 0 Å². The van der Waals surface area contributed by atoms with E-state index >= 15 is 0 Å². The molecule has 1 aromatic carbocycles. The molecule has 1 fully saturated rings. The topological polar surface area (TPSA) is 78.2 Å². The molecule has 0 spiro atoms. The van der Waals surface area contributed by atoms with Crippen LogP contribution >= 0.6 is 11.8 Å². The maximum atomic E-state index is 12.1. The molecule has 1 aromatic rings. The van der Waals surface area contributed by atoms with Gasteiger partial charge in [0.25, 0.3) is 5.24 Å². The van der Waals surface area contributed by atoms with Gasteiger partial charge < -0.3 is 0 Å². The Bertz CT molecular complexity index is 631. The zero-order valence-electron chi connectivity index (χ0n) is 11.7. The zero-order chi connectivity index (χ0) is 15.6. The number of nitriles is 1. The second-order valence-corrected chi connectivity index (χ2v) is 6.18. The Labute approximate surface area is 126 Å². The van der Waals surface area contributed by atoms with Gasteiger partial charge in [-0.25, -0.2) is 0 Å². The lowest BCUT2D eigenvalue weighted by molar-refractivity contribution is -0.127. The maximum absolute atomic E-state index is 12.1. The van der Waals surface area contributed by atoms with Crippen molar-refractivity contribution >= 4 is 28.7 Å². The Morgan fingerprint density at radius 3 is 2.43 bits per heavy atom. The average Bonchev–Trinajstić information content (AvgIpc) is 2.75. The molecule has 1 aliphatic rings. The van der Waals surface area contributed by atoms with Crippen molar-refractivity contribution in [1.82, 2.24) is 4.90 Å². The molecule has 0 N–H and O–H groups in total. The molecule has 2 amide bonds. The minimum Gasteiger partial charge on any atom is -0.292 e. The third-order valence-electron chi connectivity index (χ3n) is 3.20. The van der Waals surface area contributed by atoms with E-state index in [1.165, 1.54) is 24.3 Å². The Hall–Kier alpha value is -2.13. The summed E-state index contributed by atoms with van der Waals surface area (Å²) in [7, 11) is 0. The Morgan fingerprint density at radius 1 is 1.33 bits per heavy atom. The molecule has 2 rings (SSSR count). The van der Waals surface area contributed by atoms with Gasteiger partial charge in [0.05, 0.1) is 23.4 Å². The van der Waals surface area contributed by atoms with Gasteiger partial charge >= 0.3 is 0 Å². The van der Waals surface area contributed by atoms with E-state index < -0.39 is 5.25 Å². The molecule has 0 radical (unpaired) electrons. The first kappa shape index (κ1) is 15.3. The number of ketones is 1. The number of benzene rings is 1. The van der Waals surface area contributed by atoms with Crippen LogP contribution < -0.4 is 0 Å². The summed E-state index contributed by atoms with van der Waals surface area (Å²) in [5.74, 6) is -0.574. The lowest BCUT2D eigenvalue weighted by Crippen LogP contribution is -2.37. The van der Waals surface area contributed by atoms with E-state index in [-0.39, 0.29) is 29.4 Å². The molecule has 1 aliphatic heterocycles. The molecule has 108 valence electrons. The normalized spacial score (nSPS) is 18.2. The predicted octanol–water partition coefficient (Wildman–Crippen LogP) is 2.46. The van der Waals surface area contributed by atoms with Gasteiger partial charge in [0.1, 0.15) is 0 Å². The zero-order valence-corrected chi connectivity index (χ0v) is 12.5. The van der Waals surface area contributed by atoms with Crippen molar-refractivity contribution in [2.24, 2.45) is 5.92 Å². The lowest BCUT2D eigenvalue weighted by atomic mass is 10.1. The largest absolute Gasteiger partial charge is 0.292 e. The summed E-state index contributed by atoms with van der Waals surface area (Å²) in [5, 5.41) is 7.93. The van der Waals surface area contributed by atoms with Gasteiger partial charge in [-0.3, -0.25) is 19.3 Å². The van der Waals surface area contributed by atoms with E-state index in [0.29, 0.717) is 11.1 Å².